The molecule has 1 aliphatic carbocycles. The van der Waals surface area contributed by atoms with Crippen molar-refractivity contribution in [2.45, 2.75) is 38.4 Å². The van der Waals surface area contributed by atoms with Gasteiger partial charge in [-0.25, -0.2) is 8.42 Å². The summed E-state index contributed by atoms with van der Waals surface area (Å²) in [6, 6.07) is 5.38. The Morgan fingerprint density at radius 3 is 2.70 bits per heavy atom. The SMILES string of the molecule is CC(C)S(=O)(=O)CCOc1ccc2c(c1)CCCC2=O. The second-order valence-corrected chi connectivity index (χ2v) is 8.04. The number of benzene rings is 1. The van der Waals surface area contributed by atoms with Gasteiger partial charge in [0.2, 0.25) is 0 Å². The molecular weight excluding hydrogens is 276 g/mol. The van der Waals surface area contributed by atoms with Crippen LogP contribution in [0.1, 0.15) is 42.6 Å². The van der Waals surface area contributed by atoms with Crippen LogP contribution in [-0.4, -0.2) is 31.8 Å². The number of rotatable bonds is 5. The van der Waals surface area contributed by atoms with Crippen molar-refractivity contribution in [2.75, 3.05) is 12.4 Å². The first kappa shape index (κ1) is 15.0. The number of carbonyl (C=O) groups is 1. The number of carbonyl (C=O) groups excluding carboxylic acids is 1. The molecule has 0 amide bonds. The fraction of sp³-hybridized carbons (Fsp3) is 0.533. The molecule has 4 nitrogen and oxygen atoms in total. The molecule has 1 aliphatic rings. The second-order valence-electron chi connectivity index (χ2n) is 5.36. The average molecular weight is 296 g/mol. The summed E-state index contributed by atoms with van der Waals surface area (Å²) >= 11 is 0. The fourth-order valence-electron chi connectivity index (χ4n) is 2.22. The van der Waals surface area contributed by atoms with Crippen LogP contribution in [0.15, 0.2) is 18.2 Å². The average Bonchev–Trinajstić information content (AvgIpc) is 2.38. The molecule has 5 heteroatoms. The zero-order chi connectivity index (χ0) is 14.8. The summed E-state index contributed by atoms with van der Waals surface area (Å²) in [4.78, 5) is 11.7. The van der Waals surface area contributed by atoms with Gasteiger partial charge in [0.15, 0.2) is 15.6 Å². The minimum absolute atomic E-state index is 0.0146. The van der Waals surface area contributed by atoms with E-state index in [2.05, 4.69) is 0 Å². The summed E-state index contributed by atoms with van der Waals surface area (Å²) in [7, 11) is -3.07. The summed E-state index contributed by atoms with van der Waals surface area (Å²) < 4.78 is 28.8. The van der Waals surface area contributed by atoms with Crippen molar-refractivity contribution in [3.63, 3.8) is 0 Å². The summed E-state index contributed by atoms with van der Waals surface area (Å²) in [5.41, 5.74) is 1.78. The molecule has 2 rings (SSSR count). The van der Waals surface area contributed by atoms with Gasteiger partial charge in [-0.05, 0) is 50.5 Å². The van der Waals surface area contributed by atoms with Crippen LogP contribution in [0.25, 0.3) is 0 Å². The van der Waals surface area contributed by atoms with Crippen molar-refractivity contribution in [1.82, 2.24) is 0 Å². The molecule has 0 aromatic heterocycles. The highest BCUT2D eigenvalue weighted by Crippen LogP contribution is 2.25. The van der Waals surface area contributed by atoms with Crippen LogP contribution in [0.2, 0.25) is 0 Å². The Balaban J connectivity index is 2.00. The molecule has 1 aromatic carbocycles. The lowest BCUT2D eigenvalue weighted by Gasteiger charge is -2.16. The maximum Gasteiger partial charge on any atom is 0.163 e. The number of sulfone groups is 1. The number of fused-ring (bicyclic) bond motifs is 1. The van der Waals surface area contributed by atoms with Crippen LogP contribution < -0.4 is 4.74 Å². The summed E-state index contributed by atoms with van der Waals surface area (Å²) in [5, 5.41) is -0.382. The molecule has 0 radical (unpaired) electrons. The smallest absolute Gasteiger partial charge is 0.163 e. The van der Waals surface area contributed by atoms with Gasteiger partial charge in [0.25, 0.3) is 0 Å². The van der Waals surface area contributed by atoms with E-state index < -0.39 is 9.84 Å². The molecule has 0 unspecified atom stereocenters. The number of hydrogen-bond acceptors (Lipinski definition) is 4. The zero-order valence-electron chi connectivity index (χ0n) is 11.9. The van der Waals surface area contributed by atoms with Crippen LogP contribution in [-0.2, 0) is 16.3 Å². The Hall–Kier alpha value is -1.36. The molecule has 0 fully saturated rings. The first-order chi connectivity index (χ1) is 9.40. The summed E-state index contributed by atoms with van der Waals surface area (Å²) in [6.07, 6.45) is 2.36. The van der Waals surface area contributed by atoms with Crippen molar-refractivity contribution in [2.24, 2.45) is 0 Å². The first-order valence-electron chi connectivity index (χ1n) is 6.90. The predicted octanol–water partition coefficient (Wildman–Crippen LogP) is 2.41. The van der Waals surface area contributed by atoms with E-state index in [0.29, 0.717) is 12.2 Å². The molecule has 1 aromatic rings. The lowest BCUT2D eigenvalue weighted by Crippen LogP contribution is -2.22. The molecule has 20 heavy (non-hydrogen) atoms. The molecule has 110 valence electrons. The lowest BCUT2D eigenvalue weighted by molar-refractivity contribution is 0.0972. The third-order valence-electron chi connectivity index (χ3n) is 3.58. The third-order valence-corrected chi connectivity index (χ3v) is 5.75. The fourth-order valence-corrected chi connectivity index (χ4v) is 3.01. The van der Waals surface area contributed by atoms with Crippen molar-refractivity contribution < 1.29 is 17.9 Å². The van der Waals surface area contributed by atoms with E-state index in [9.17, 15) is 13.2 Å². The minimum atomic E-state index is -3.07. The van der Waals surface area contributed by atoms with Gasteiger partial charge in [0.05, 0.1) is 11.0 Å². The minimum Gasteiger partial charge on any atom is -0.493 e. The third kappa shape index (κ3) is 3.39. The van der Waals surface area contributed by atoms with Gasteiger partial charge in [-0.3, -0.25) is 4.79 Å². The van der Waals surface area contributed by atoms with E-state index >= 15 is 0 Å². The number of ketones is 1. The van der Waals surface area contributed by atoms with E-state index in [1.165, 1.54) is 0 Å². The number of hydrogen-bond donors (Lipinski definition) is 0. The number of Topliss-reactive ketones (excluding diaryl/α,β-unsaturated/α-hetero) is 1. The van der Waals surface area contributed by atoms with Gasteiger partial charge in [-0.15, -0.1) is 0 Å². The quantitative estimate of drug-likeness (QED) is 0.837. The molecule has 0 saturated carbocycles. The largest absolute Gasteiger partial charge is 0.493 e. The Morgan fingerprint density at radius 1 is 1.25 bits per heavy atom. The maximum atomic E-state index is 11.7. The topological polar surface area (TPSA) is 60.4 Å². The van der Waals surface area contributed by atoms with Crippen molar-refractivity contribution in [3.05, 3.63) is 29.3 Å². The Labute approximate surface area is 120 Å². The van der Waals surface area contributed by atoms with Crippen LogP contribution in [0.5, 0.6) is 5.75 Å². The van der Waals surface area contributed by atoms with Crippen molar-refractivity contribution in [1.29, 1.82) is 0 Å². The van der Waals surface area contributed by atoms with Crippen molar-refractivity contribution in [3.8, 4) is 5.75 Å². The molecule has 0 atom stereocenters. The van der Waals surface area contributed by atoms with E-state index in [-0.39, 0.29) is 23.4 Å². The van der Waals surface area contributed by atoms with Gasteiger partial charge in [0, 0.05) is 12.0 Å². The highest BCUT2D eigenvalue weighted by Gasteiger charge is 2.18. The van der Waals surface area contributed by atoms with Gasteiger partial charge in [-0.2, -0.15) is 0 Å². The van der Waals surface area contributed by atoms with Crippen LogP contribution in [0.4, 0.5) is 0 Å². The molecule has 0 saturated heterocycles. The number of aryl methyl sites for hydroxylation is 1. The normalized spacial score (nSPS) is 15.2. The molecular formula is C15H20O4S. The molecule has 0 bridgehead atoms. The molecule has 0 heterocycles. The van der Waals surface area contributed by atoms with Gasteiger partial charge >= 0.3 is 0 Å². The maximum absolute atomic E-state index is 11.7. The Kier molecular flexibility index (Phi) is 4.48. The molecule has 0 spiro atoms. The van der Waals surface area contributed by atoms with Crippen LogP contribution in [0, 0.1) is 0 Å². The van der Waals surface area contributed by atoms with E-state index in [1.54, 1.807) is 26.0 Å². The number of ether oxygens (including phenoxy) is 1. The van der Waals surface area contributed by atoms with Gasteiger partial charge in [0.1, 0.15) is 12.4 Å². The van der Waals surface area contributed by atoms with E-state index in [4.69, 9.17) is 4.74 Å². The second kappa shape index (κ2) is 5.95. The first-order valence-corrected chi connectivity index (χ1v) is 8.62. The van der Waals surface area contributed by atoms with Gasteiger partial charge < -0.3 is 4.74 Å². The van der Waals surface area contributed by atoms with Crippen LogP contribution >= 0.6 is 0 Å². The Bertz CT molecular complexity index is 602. The van der Waals surface area contributed by atoms with Crippen LogP contribution in [0.3, 0.4) is 0 Å². The molecule has 0 aliphatic heterocycles. The monoisotopic (exact) mass is 296 g/mol. The van der Waals surface area contributed by atoms with E-state index in [1.807, 2.05) is 6.07 Å². The summed E-state index contributed by atoms with van der Waals surface area (Å²) in [6.45, 7) is 3.48. The lowest BCUT2D eigenvalue weighted by atomic mass is 9.91. The summed E-state index contributed by atoms with van der Waals surface area (Å²) in [5.74, 6) is 0.832. The molecule has 0 N–H and O–H groups in total. The van der Waals surface area contributed by atoms with Gasteiger partial charge in [-0.1, -0.05) is 0 Å². The predicted molar refractivity (Wildman–Crippen MR) is 78.1 cm³/mol. The Morgan fingerprint density at radius 2 is 2.00 bits per heavy atom. The van der Waals surface area contributed by atoms with Crippen molar-refractivity contribution >= 4 is 15.6 Å². The standard InChI is InChI=1S/C15H20O4S/c1-11(2)20(17,18)9-8-19-13-6-7-14-12(10-13)4-3-5-15(14)16/h6-7,10-11H,3-5,8-9H2,1-2H3. The highest BCUT2D eigenvalue weighted by atomic mass is 32.2. The zero-order valence-corrected chi connectivity index (χ0v) is 12.7. The van der Waals surface area contributed by atoms with E-state index in [0.717, 1.165) is 24.0 Å². The highest BCUT2D eigenvalue weighted by molar-refractivity contribution is 7.91.